The molecule has 1 rings (SSSR count). The lowest BCUT2D eigenvalue weighted by molar-refractivity contribution is 0.122. The quantitative estimate of drug-likeness (QED) is 0.533. The first-order chi connectivity index (χ1) is 6.79. The van der Waals surface area contributed by atoms with E-state index in [1.807, 2.05) is 30.3 Å². The maximum absolute atomic E-state index is 10.7. The Morgan fingerprint density at radius 2 is 2.00 bits per heavy atom. The molecule has 1 aromatic rings. The van der Waals surface area contributed by atoms with Crippen molar-refractivity contribution in [1.82, 2.24) is 0 Å². The highest BCUT2D eigenvalue weighted by molar-refractivity contribution is 7.90. The molecule has 0 aliphatic heterocycles. The maximum Gasteiger partial charge on any atom is 0.107 e. The maximum atomic E-state index is 10.7. The van der Waals surface area contributed by atoms with E-state index in [0.717, 1.165) is 12.2 Å². The van der Waals surface area contributed by atoms with Gasteiger partial charge in [-0.05, 0) is 5.56 Å². The van der Waals surface area contributed by atoms with Gasteiger partial charge in [0, 0.05) is 6.42 Å². The number of benzene rings is 1. The van der Waals surface area contributed by atoms with Crippen LogP contribution in [0, 0.1) is 0 Å². The number of ether oxygens (including phenoxy) is 1. The summed E-state index contributed by atoms with van der Waals surface area (Å²) in [5.41, 5.74) is 1.19. The van der Waals surface area contributed by atoms with E-state index >= 15 is 0 Å². The molecule has 0 N–H and O–H groups in total. The van der Waals surface area contributed by atoms with E-state index in [2.05, 4.69) is 0 Å². The minimum atomic E-state index is -0.694. The Balaban J connectivity index is 2.05. The molecular formula is C11H16O2S. The lowest BCUT2D eigenvalue weighted by Crippen LogP contribution is -2.06. The van der Waals surface area contributed by atoms with Crippen molar-refractivity contribution < 1.29 is 9.29 Å². The van der Waals surface area contributed by atoms with Crippen molar-refractivity contribution in [3.05, 3.63) is 35.9 Å². The molecule has 0 saturated heterocycles. The first-order valence-electron chi connectivity index (χ1n) is 4.71. The minimum Gasteiger partial charge on any atom is -0.617 e. The Morgan fingerprint density at radius 1 is 1.29 bits per heavy atom. The number of hydrogen-bond donors (Lipinski definition) is 0. The summed E-state index contributed by atoms with van der Waals surface area (Å²) in [4.78, 5) is 0. The predicted molar refractivity (Wildman–Crippen MR) is 59.6 cm³/mol. The van der Waals surface area contributed by atoms with Crippen molar-refractivity contribution in [1.29, 1.82) is 0 Å². The van der Waals surface area contributed by atoms with Crippen molar-refractivity contribution >= 4 is 11.2 Å². The summed E-state index contributed by atoms with van der Waals surface area (Å²) >= 11 is -0.694. The Kier molecular flexibility index (Phi) is 5.68. The summed E-state index contributed by atoms with van der Waals surface area (Å²) in [5, 5.41) is 0. The normalized spacial score (nSPS) is 12.7. The minimum absolute atomic E-state index is 0.650. The molecule has 0 saturated carbocycles. The number of rotatable bonds is 6. The van der Waals surface area contributed by atoms with Gasteiger partial charge in [-0.15, -0.1) is 0 Å². The zero-order valence-corrected chi connectivity index (χ0v) is 9.26. The third-order valence-corrected chi connectivity index (χ3v) is 2.70. The fourth-order valence-corrected chi connectivity index (χ4v) is 1.65. The molecule has 78 valence electrons. The van der Waals surface area contributed by atoms with E-state index in [1.165, 1.54) is 5.56 Å². The van der Waals surface area contributed by atoms with E-state index in [0.29, 0.717) is 13.2 Å². The summed E-state index contributed by atoms with van der Waals surface area (Å²) < 4.78 is 16.2. The average molecular weight is 212 g/mol. The SMILES string of the molecule is C[S+]([O-])CCCOCc1ccccc1. The molecule has 0 bridgehead atoms. The molecule has 2 nitrogen and oxygen atoms in total. The van der Waals surface area contributed by atoms with Crippen LogP contribution >= 0.6 is 0 Å². The Morgan fingerprint density at radius 3 is 2.64 bits per heavy atom. The highest BCUT2D eigenvalue weighted by Gasteiger charge is 1.97. The van der Waals surface area contributed by atoms with Gasteiger partial charge >= 0.3 is 0 Å². The molecule has 1 aromatic carbocycles. The average Bonchev–Trinajstić information content (AvgIpc) is 2.18. The molecule has 0 spiro atoms. The van der Waals surface area contributed by atoms with Crippen LogP contribution in [0.5, 0.6) is 0 Å². The van der Waals surface area contributed by atoms with Gasteiger partial charge in [0.05, 0.1) is 19.5 Å². The van der Waals surface area contributed by atoms with Crippen LogP contribution in [0.3, 0.4) is 0 Å². The van der Waals surface area contributed by atoms with Crippen LogP contribution in [-0.4, -0.2) is 23.2 Å². The largest absolute Gasteiger partial charge is 0.617 e. The van der Waals surface area contributed by atoms with Crippen LogP contribution in [0.1, 0.15) is 12.0 Å². The molecule has 0 aliphatic rings. The molecule has 0 aliphatic carbocycles. The van der Waals surface area contributed by atoms with Gasteiger partial charge in [-0.3, -0.25) is 0 Å². The van der Waals surface area contributed by atoms with E-state index < -0.39 is 11.2 Å². The summed E-state index contributed by atoms with van der Waals surface area (Å²) in [5.74, 6) is 0.731. The van der Waals surface area contributed by atoms with Gasteiger partial charge in [0.15, 0.2) is 0 Å². The second-order valence-electron chi connectivity index (χ2n) is 3.17. The lowest BCUT2D eigenvalue weighted by Gasteiger charge is -2.05. The molecule has 1 unspecified atom stereocenters. The van der Waals surface area contributed by atoms with Crippen molar-refractivity contribution in [2.24, 2.45) is 0 Å². The van der Waals surface area contributed by atoms with Gasteiger partial charge in [0.2, 0.25) is 0 Å². The Bertz CT molecular complexity index is 236. The molecule has 0 radical (unpaired) electrons. The lowest BCUT2D eigenvalue weighted by atomic mass is 10.2. The third kappa shape index (κ3) is 5.27. The standard InChI is InChI=1S/C11H16O2S/c1-14(12)9-5-8-13-10-11-6-3-2-4-7-11/h2-4,6-7H,5,8-10H2,1H3. The number of hydrogen-bond acceptors (Lipinski definition) is 2. The van der Waals surface area contributed by atoms with E-state index in [-0.39, 0.29) is 0 Å². The van der Waals surface area contributed by atoms with Crippen molar-refractivity contribution in [2.45, 2.75) is 13.0 Å². The van der Waals surface area contributed by atoms with Gasteiger partial charge in [0.1, 0.15) is 5.75 Å². The predicted octanol–water partition coefficient (Wildman–Crippen LogP) is 1.97. The molecule has 0 heterocycles. The van der Waals surface area contributed by atoms with Crippen molar-refractivity contribution in [3.63, 3.8) is 0 Å². The summed E-state index contributed by atoms with van der Waals surface area (Å²) in [6.45, 7) is 1.34. The van der Waals surface area contributed by atoms with Gasteiger partial charge in [0.25, 0.3) is 0 Å². The summed E-state index contributed by atoms with van der Waals surface area (Å²) in [7, 11) is 0. The van der Waals surface area contributed by atoms with Gasteiger partial charge < -0.3 is 9.29 Å². The monoisotopic (exact) mass is 212 g/mol. The molecule has 14 heavy (non-hydrogen) atoms. The zero-order valence-electron chi connectivity index (χ0n) is 8.44. The zero-order chi connectivity index (χ0) is 10.2. The second kappa shape index (κ2) is 6.87. The second-order valence-corrected chi connectivity index (χ2v) is 4.72. The summed E-state index contributed by atoms with van der Waals surface area (Å²) in [6, 6.07) is 10.1. The Hall–Kier alpha value is -0.510. The van der Waals surface area contributed by atoms with Crippen LogP contribution in [0.2, 0.25) is 0 Å². The van der Waals surface area contributed by atoms with Gasteiger partial charge in [-0.25, -0.2) is 0 Å². The van der Waals surface area contributed by atoms with E-state index in [9.17, 15) is 4.55 Å². The topological polar surface area (TPSA) is 32.3 Å². The van der Waals surface area contributed by atoms with Crippen molar-refractivity contribution in [2.75, 3.05) is 18.6 Å². The molecule has 1 atom stereocenters. The van der Waals surface area contributed by atoms with E-state index in [1.54, 1.807) is 6.26 Å². The molecule has 3 heteroatoms. The molecule has 0 aromatic heterocycles. The van der Waals surface area contributed by atoms with Crippen LogP contribution in [-0.2, 0) is 22.5 Å². The summed E-state index contributed by atoms with van der Waals surface area (Å²) in [6.07, 6.45) is 2.59. The molecular weight excluding hydrogens is 196 g/mol. The first kappa shape index (κ1) is 11.6. The molecule has 0 fully saturated rings. The Labute approximate surface area is 88.5 Å². The highest BCUT2D eigenvalue weighted by Crippen LogP contribution is 2.01. The van der Waals surface area contributed by atoms with Crippen molar-refractivity contribution in [3.8, 4) is 0 Å². The highest BCUT2D eigenvalue weighted by atomic mass is 32.2. The van der Waals surface area contributed by atoms with Crippen LogP contribution < -0.4 is 0 Å². The van der Waals surface area contributed by atoms with Gasteiger partial charge in [-0.1, -0.05) is 41.5 Å². The van der Waals surface area contributed by atoms with E-state index in [4.69, 9.17) is 4.74 Å². The fraction of sp³-hybridized carbons (Fsp3) is 0.455. The van der Waals surface area contributed by atoms with Crippen LogP contribution in [0.4, 0.5) is 0 Å². The van der Waals surface area contributed by atoms with Gasteiger partial charge in [-0.2, -0.15) is 0 Å². The first-order valence-corrected chi connectivity index (χ1v) is 6.43. The van der Waals surface area contributed by atoms with Crippen LogP contribution in [0.25, 0.3) is 0 Å². The smallest absolute Gasteiger partial charge is 0.107 e. The fourth-order valence-electron chi connectivity index (χ4n) is 1.13. The third-order valence-electron chi connectivity index (χ3n) is 1.83. The molecule has 0 amide bonds. The van der Waals surface area contributed by atoms with Crippen LogP contribution in [0.15, 0.2) is 30.3 Å².